The first kappa shape index (κ1) is 11.4. The largest absolute Gasteiger partial charge is 0.391 e. The fraction of sp³-hybridized carbons (Fsp3) is 0.818. The predicted molar refractivity (Wildman–Crippen MR) is 57.5 cm³/mol. The van der Waals surface area contributed by atoms with E-state index in [1.807, 2.05) is 13.8 Å². The number of fused-ring (bicyclic) bond motifs is 1. The third-order valence-corrected chi connectivity index (χ3v) is 3.19. The maximum Gasteiger partial charge on any atom is 0.245 e. The topological polar surface area (TPSA) is 69.6 Å². The SMILES string of the molecule is CC(C)C[C@@H]1NC(=O)[C@@H]2C[C@@H](O)CN2C1=O. The number of aliphatic hydroxyl groups is 1. The number of hydrogen-bond acceptors (Lipinski definition) is 3. The van der Waals surface area contributed by atoms with Gasteiger partial charge in [-0.25, -0.2) is 0 Å². The van der Waals surface area contributed by atoms with Crippen LogP contribution >= 0.6 is 0 Å². The van der Waals surface area contributed by atoms with Crippen LogP contribution in [0.5, 0.6) is 0 Å². The van der Waals surface area contributed by atoms with Gasteiger partial charge in [-0.2, -0.15) is 0 Å². The number of hydrogen-bond donors (Lipinski definition) is 2. The minimum atomic E-state index is -0.558. The van der Waals surface area contributed by atoms with Crippen LogP contribution in [0.25, 0.3) is 0 Å². The summed E-state index contributed by atoms with van der Waals surface area (Å²) in [6.45, 7) is 4.33. The predicted octanol–water partition coefficient (Wildman–Crippen LogP) is -0.507. The van der Waals surface area contributed by atoms with E-state index in [1.54, 1.807) is 0 Å². The number of aliphatic hydroxyl groups excluding tert-OH is 1. The van der Waals surface area contributed by atoms with Gasteiger partial charge in [-0.05, 0) is 12.3 Å². The van der Waals surface area contributed by atoms with Gasteiger partial charge in [0.25, 0.3) is 0 Å². The van der Waals surface area contributed by atoms with Gasteiger partial charge in [0.2, 0.25) is 11.8 Å². The quantitative estimate of drug-likeness (QED) is 0.666. The van der Waals surface area contributed by atoms with Crippen molar-refractivity contribution in [2.45, 2.75) is 44.9 Å². The molecule has 5 nitrogen and oxygen atoms in total. The zero-order valence-electron chi connectivity index (χ0n) is 9.64. The molecule has 0 saturated carbocycles. The third-order valence-electron chi connectivity index (χ3n) is 3.19. The van der Waals surface area contributed by atoms with Crippen LogP contribution in [0.4, 0.5) is 0 Å². The Hall–Kier alpha value is -1.10. The van der Waals surface area contributed by atoms with E-state index < -0.39 is 18.2 Å². The fourth-order valence-electron chi connectivity index (χ4n) is 2.47. The zero-order chi connectivity index (χ0) is 11.9. The number of nitrogens with one attached hydrogen (secondary N) is 1. The summed E-state index contributed by atoms with van der Waals surface area (Å²) in [4.78, 5) is 25.3. The number of nitrogens with zero attached hydrogens (tertiary/aromatic N) is 1. The fourth-order valence-corrected chi connectivity index (χ4v) is 2.47. The van der Waals surface area contributed by atoms with Gasteiger partial charge in [0, 0.05) is 13.0 Å². The Balaban J connectivity index is 2.12. The summed E-state index contributed by atoms with van der Waals surface area (Å²) in [5.74, 6) is 0.190. The van der Waals surface area contributed by atoms with Crippen molar-refractivity contribution in [3.8, 4) is 0 Å². The Morgan fingerprint density at radius 1 is 1.50 bits per heavy atom. The van der Waals surface area contributed by atoms with Crippen LogP contribution in [0.15, 0.2) is 0 Å². The first-order chi connectivity index (χ1) is 7.49. The van der Waals surface area contributed by atoms with Crippen molar-refractivity contribution in [3.63, 3.8) is 0 Å². The molecule has 3 atom stereocenters. The molecule has 0 unspecified atom stereocenters. The summed E-state index contributed by atoms with van der Waals surface area (Å²) in [5.41, 5.74) is 0. The van der Waals surface area contributed by atoms with E-state index in [0.717, 1.165) is 0 Å². The molecule has 2 rings (SSSR count). The number of amides is 2. The zero-order valence-corrected chi connectivity index (χ0v) is 9.64. The number of piperazine rings is 1. The van der Waals surface area contributed by atoms with Crippen LogP contribution in [0.2, 0.25) is 0 Å². The molecule has 2 amide bonds. The van der Waals surface area contributed by atoms with Crippen molar-refractivity contribution >= 4 is 11.8 Å². The molecule has 2 N–H and O–H groups in total. The molecule has 5 heteroatoms. The molecule has 2 heterocycles. The number of carbonyl (C=O) groups excluding carboxylic acids is 2. The molecule has 0 aliphatic carbocycles. The van der Waals surface area contributed by atoms with E-state index in [1.165, 1.54) is 4.90 Å². The minimum absolute atomic E-state index is 0.0464. The maximum absolute atomic E-state index is 12.0. The van der Waals surface area contributed by atoms with Crippen molar-refractivity contribution in [1.29, 1.82) is 0 Å². The molecule has 0 bridgehead atoms. The summed E-state index contributed by atoms with van der Waals surface area (Å²) in [6.07, 6.45) is 0.466. The van der Waals surface area contributed by atoms with E-state index in [0.29, 0.717) is 25.3 Å². The van der Waals surface area contributed by atoms with Gasteiger partial charge in [-0.3, -0.25) is 9.59 Å². The second-order valence-electron chi connectivity index (χ2n) is 5.09. The monoisotopic (exact) mass is 226 g/mol. The van der Waals surface area contributed by atoms with Crippen LogP contribution in [0.1, 0.15) is 26.7 Å². The van der Waals surface area contributed by atoms with Crippen molar-refractivity contribution in [2.75, 3.05) is 6.54 Å². The Labute approximate surface area is 94.8 Å². The lowest BCUT2D eigenvalue weighted by molar-refractivity contribution is -0.147. The summed E-state index contributed by atoms with van der Waals surface area (Å²) in [6, 6.07) is -0.861. The summed E-state index contributed by atoms with van der Waals surface area (Å²) in [5, 5.41) is 12.2. The molecule has 90 valence electrons. The summed E-state index contributed by atoms with van der Waals surface area (Å²) < 4.78 is 0. The van der Waals surface area contributed by atoms with Gasteiger partial charge in [-0.15, -0.1) is 0 Å². The molecule has 2 aliphatic heterocycles. The molecule has 2 aliphatic rings. The van der Waals surface area contributed by atoms with Gasteiger partial charge in [0.05, 0.1) is 6.10 Å². The Morgan fingerprint density at radius 3 is 2.81 bits per heavy atom. The molecular weight excluding hydrogens is 208 g/mol. The molecule has 0 aromatic carbocycles. The van der Waals surface area contributed by atoms with E-state index in [-0.39, 0.29) is 11.8 Å². The average Bonchev–Trinajstić information content (AvgIpc) is 2.56. The van der Waals surface area contributed by atoms with Crippen molar-refractivity contribution in [2.24, 2.45) is 5.92 Å². The van der Waals surface area contributed by atoms with Crippen LogP contribution < -0.4 is 5.32 Å². The van der Waals surface area contributed by atoms with Crippen LogP contribution in [0, 0.1) is 5.92 Å². The van der Waals surface area contributed by atoms with E-state index in [9.17, 15) is 14.7 Å². The molecule has 2 fully saturated rings. The van der Waals surface area contributed by atoms with Crippen molar-refractivity contribution < 1.29 is 14.7 Å². The van der Waals surface area contributed by atoms with Gasteiger partial charge < -0.3 is 15.3 Å². The molecular formula is C11H18N2O3. The Kier molecular flexibility index (Phi) is 2.88. The number of rotatable bonds is 2. The third kappa shape index (κ3) is 1.91. The highest BCUT2D eigenvalue weighted by atomic mass is 16.3. The normalized spacial score (nSPS) is 34.2. The lowest BCUT2D eigenvalue weighted by Gasteiger charge is -2.35. The van der Waals surface area contributed by atoms with Crippen LogP contribution in [-0.4, -0.2) is 46.6 Å². The molecule has 0 aromatic rings. The maximum atomic E-state index is 12.0. The molecule has 0 aromatic heterocycles. The smallest absolute Gasteiger partial charge is 0.245 e. The molecule has 0 radical (unpaired) electrons. The highest BCUT2D eigenvalue weighted by molar-refractivity contribution is 5.97. The standard InChI is InChI=1S/C11H18N2O3/c1-6(2)3-8-11(16)13-5-7(14)4-9(13)10(15)12-8/h6-9,14H,3-5H2,1-2H3,(H,12,15)/t7-,8+,9+/m1/s1. The summed E-state index contributed by atoms with van der Waals surface area (Å²) >= 11 is 0. The Bertz CT molecular complexity index is 316. The Morgan fingerprint density at radius 2 is 2.19 bits per heavy atom. The molecule has 0 spiro atoms. The van der Waals surface area contributed by atoms with E-state index >= 15 is 0 Å². The minimum Gasteiger partial charge on any atom is -0.391 e. The first-order valence-electron chi connectivity index (χ1n) is 5.78. The lowest BCUT2D eigenvalue weighted by atomic mass is 9.99. The van der Waals surface area contributed by atoms with Gasteiger partial charge in [0.15, 0.2) is 0 Å². The second kappa shape index (κ2) is 4.05. The van der Waals surface area contributed by atoms with Gasteiger partial charge >= 0.3 is 0 Å². The average molecular weight is 226 g/mol. The lowest BCUT2D eigenvalue weighted by Crippen LogP contribution is -2.61. The first-order valence-corrected chi connectivity index (χ1v) is 5.78. The van der Waals surface area contributed by atoms with Crippen LogP contribution in [0.3, 0.4) is 0 Å². The van der Waals surface area contributed by atoms with Crippen molar-refractivity contribution in [1.82, 2.24) is 10.2 Å². The highest BCUT2D eigenvalue weighted by Crippen LogP contribution is 2.24. The van der Waals surface area contributed by atoms with Crippen LogP contribution in [-0.2, 0) is 9.59 Å². The van der Waals surface area contributed by atoms with Gasteiger partial charge in [-0.1, -0.05) is 13.8 Å². The highest BCUT2D eigenvalue weighted by Gasteiger charge is 2.45. The van der Waals surface area contributed by atoms with E-state index in [2.05, 4.69) is 5.32 Å². The van der Waals surface area contributed by atoms with Crippen molar-refractivity contribution in [3.05, 3.63) is 0 Å². The van der Waals surface area contributed by atoms with E-state index in [4.69, 9.17) is 0 Å². The van der Waals surface area contributed by atoms with Gasteiger partial charge in [0.1, 0.15) is 12.1 Å². The molecule has 16 heavy (non-hydrogen) atoms. The number of carbonyl (C=O) groups is 2. The molecule has 2 saturated heterocycles. The second-order valence-corrected chi connectivity index (χ2v) is 5.09. The summed E-state index contributed by atoms with van der Waals surface area (Å²) in [7, 11) is 0.